The van der Waals surface area contributed by atoms with E-state index in [4.69, 9.17) is 4.74 Å². The average molecular weight is 320 g/mol. The van der Waals surface area contributed by atoms with Gasteiger partial charge in [-0.3, -0.25) is 19.1 Å². The van der Waals surface area contributed by atoms with Gasteiger partial charge in [-0.05, 0) is 43.5 Å². The third kappa shape index (κ3) is 4.91. The number of H-pyrrole nitrogens is 1. The summed E-state index contributed by atoms with van der Waals surface area (Å²) in [6, 6.07) is 6.82. The van der Waals surface area contributed by atoms with Crippen molar-refractivity contribution in [1.29, 1.82) is 0 Å². The van der Waals surface area contributed by atoms with E-state index in [-0.39, 0.29) is 0 Å². The monoisotopic (exact) mass is 320 g/mol. The molecule has 0 radical (unpaired) electrons. The number of aromatic amines is 1. The molecule has 23 heavy (non-hydrogen) atoms. The summed E-state index contributed by atoms with van der Waals surface area (Å²) in [5, 5.41) is 0. The summed E-state index contributed by atoms with van der Waals surface area (Å²) in [4.78, 5) is 34.8. The Morgan fingerprint density at radius 3 is 2.57 bits per heavy atom. The fourth-order valence-electron chi connectivity index (χ4n) is 2.04. The largest absolute Gasteiger partial charge is 0.494 e. The van der Waals surface area contributed by atoms with Crippen LogP contribution in [0.2, 0.25) is 0 Å². The van der Waals surface area contributed by atoms with Crippen LogP contribution in [0, 0.1) is 5.82 Å². The molecule has 2 rings (SSSR count). The Morgan fingerprint density at radius 1 is 1.13 bits per heavy atom. The van der Waals surface area contributed by atoms with Crippen LogP contribution in [0.1, 0.15) is 29.6 Å². The highest BCUT2D eigenvalue weighted by atomic mass is 19.1. The molecular formula is C16H17FN2O4. The zero-order valence-corrected chi connectivity index (χ0v) is 12.5. The van der Waals surface area contributed by atoms with Crippen LogP contribution >= 0.6 is 0 Å². The van der Waals surface area contributed by atoms with Crippen molar-refractivity contribution < 1.29 is 13.9 Å². The van der Waals surface area contributed by atoms with Crippen molar-refractivity contribution >= 4 is 6.29 Å². The predicted octanol–water partition coefficient (Wildman–Crippen LogP) is 1.74. The van der Waals surface area contributed by atoms with Gasteiger partial charge in [0.1, 0.15) is 12.0 Å². The summed E-state index contributed by atoms with van der Waals surface area (Å²) >= 11 is 0. The van der Waals surface area contributed by atoms with Crippen LogP contribution in [0.3, 0.4) is 0 Å². The zero-order chi connectivity index (χ0) is 16.7. The van der Waals surface area contributed by atoms with Gasteiger partial charge in [-0.1, -0.05) is 0 Å². The molecule has 0 saturated heterocycles. The molecule has 2 aromatic rings. The maximum atomic E-state index is 13.1. The molecule has 1 heterocycles. The number of aromatic nitrogens is 2. The molecule has 0 bridgehead atoms. The summed E-state index contributed by atoms with van der Waals surface area (Å²) in [5.74, 6) is -0.277. The predicted molar refractivity (Wildman–Crippen MR) is 82.5 cm³/mol. The van der Waals surface area contributed by atoms with Crippen LogP contribution in [0.25, 0.3) is 0 Å². The highest BCUT2D eigenvalue weighted by Gasteiger charge is 2.03. The summed E-state index contributed by atoms with van der Waals surface area (Å²) < 4.78 is 19.8. The van der Waals surface area contributed by atoms with Crippen LogP contribution in [-0.4, -0.2) is 22.4 Å². The highest BCUT2D eigenvalue weighted by molar-refractivity contribution is 5.74. The molecule has 0 unspecified atom stereocenters. The Balaban J connectivity index is 1.69. The van der Waals surface area contributed by atoms with Crippen molar-refractivity contribution in [3.63, 3.8) is 0 Å². The summed E-state index contributed by atoms with van der Waals surface area (Å²) in [6.45, 7) is 0.843. The van der Waals surface area contributed by atoms with Crippen molar-refractivity contribution in [2.45, 2.75) is 25.8 Å². The van der Waals surface area contributed by atoms with Crippen molar-refractivity contribution in [2.75, 3.05) is 6.61 Å². The first-order valence-corrected chi connectivity index (χ1v) is 7.27. The molecule has 1 aromatic carbocycles. The number of unbranched alkanes of at least 4 members (excludes halogenated alkanes) is 2. The Bertz CT molecular complexity index is 765. The number of hydrogen-bond donors (Lipinski definition) is 1. The van der Waals surface area contributed by atoms with Gasteiger partial charge in [0.05, 0.1) is 12.8 Å². The third-order valence-electron chi connectivity index (χ3n) is 3.30. The third-order valence-corrected chi connectivity index (χ3v) is 3.30. The number of aldehydes is 1. The molecule has 0 aliphatic carbocycles. The van der Waals surface area contributed by atoms with Crippen LogP contribution in [0.5, 0.6) is 5.75 Å². The van der Waals surface area contributed by atoms with E-state index in [1.807, 2.05) is 4.98 Å². The minimum absolute atomic E-state index is 0.334. The first-order chi connectivity index (χ1) is 11.1. The lowest BCUT2D eigenvalue weighted by Crippen LogP contribution is -2.31. The van der Waals surface area contributed by atoms with E-state index < -0.39 is 17.1 Å². The van der Waals surface area contributed by atoms with Gasteiger partial charge < -0.3 is 4.74 Å². The highest BCUT2D eigenvalue weighted by Crippen LogP contribution is 2.11. The second kappa shape index (κ2) is 8.07. The fourth-order valence-corrected chi connectivity index (χ4v) is 2.04. The Hall–Kier alpha value is -2.70. The number of carbonyl (C=O) groups is 1. The number of benzene rings is 1. The normalized spacial score (nSPS) is 10.5. The van der Waals surface area contributed by atoms with E-state index in [1.54, 1.807) is 24.3 Å². The van der Waals surface area contributed by atoms with E-state index in [0.29, 0.717) is 30.9 Å². The van der Waals surface area contributed by atoms with E-state index in [0.717, 1.165) is 29.9 Å². The molecule has 1 aromatic heterocycles. The lowest BCUT2D eigenvalue weighted by Gasteiger charge is -2.07. The molecular weight excluding hydrogens is 303 g/mol. The molecule has 0 spiro atoms. The van der Waals surface area contributed by atoms with Crippen LogP contribution in [0.15, 0.2) is 40.1 Å². The number of rotatable bonds is 8. The fraction of sp³-hybridized carbons (Fsp3) is 0.312. The molecule has 0 amide bonds. The topological polar surface area (TPSA) is 81.2 Å². The SMILES string of the molecule is O=Cc1ccc(OCCCCCn2cc(F)c(=O)[nH]c2=O)cc1. The quantitative estimate of drug-likeness (QED) is 0.593. The van der Waals surface area contributed by atoms with Crippen LogP contribution in [0.4, 0.5) is 4.39 Å². The van der Waals surface area contributed by atoms with E-state index in [1.165, 1.54) is 0 Å². The number of nitrogens with one attached hydrogen (secondary N) is 1. The second-order valence-electron chi connectivity index (χ2n) is 5.03. The molecule has 0 aliphatic heterocycles. The second-order valence-corrected chi connectivity index (χ2v) is 5.03. The van der Waals surface area contributed by atoms with Crippen molar-refractivity contribution in [3.05, 3.63) is 62.7 Å². The molecule has 6 nitrogen and oxygen atoms in total. The first-order valence-electron chi connectivity index (χ1n) is 7.27. The number of hydrogen-bond acceptors (Lipinski definition) is 4. The maximum Gasteiger partial charge on any atom is 0.328 e. The summed E-state index contributed by atoms with van der Waals surface area (Å²) in [7, 11) is 0. The Kier molecular flexibility index (Phi) is 5.85. The van der Waals surface area contributed by atoms with E-state index in [9.17, 15) is 18.8 Å². The number of carbonyl (C=O) groups excluding carboxylic acids is 1. The van der Waals surface area contributed by atoms with E-state index >= 15 is 0 Å². The Labute approximate surface area is 131 Å². The zero-order valence-electron chi connectivity index (χ0n) is 12.5. The van der Waals surface area contributed by atoms with Gasteiger partial charge in [-0.25, -0.2) is 4.79 Å². The molecule has 0 atom stereocenters. The number of ether oxygens (including phenoxy) is 1. The molecule has 0 aliphatic rings. The van der Waals surface area contributed by atoms with Crippen molar-refractivity contribution in [3.8, 4) is 5.75 Å². The lowest BCUT2D eigenvalue weighted by molar-refractivity contribution is 0.112. The van der Waals surface area contributed by atoms with Gasteiger partial charge >= 0.3 is 5.69 Å². The summed E-state index contributed by atoms with van der Waals surface area (Å²) in [6.07, 6.45) is 3.92. The smallest absolute Gasteiger partial charge is 0.328 e. The van der Waals surface area contributed by atoms with Crippen LogP contribution in [-0.2, 0) is 6.54 Å². The Morgan fingerprint density at radius 2 is 1.87 bits per heavy atom. The van der Waals surface area contributed by atoms with E-state index in [2.05, 4.69) is 0 Å². The number of nitrogens with zero attached hydrogens (tertiary/aromatic N) is 1. The lowest BCUT2D eigenvalue weighted by atomic mass is 10.2. The average Bonchev–Trinajstić information content (AvgIpc) is 2.55. The minimum atomic E-state index is -1.000. The minimum Gasteiger partial charge on any atom is -0.494 e. The molecule has 1 N–H and O–H groups in total. The van der Waals surface area contributed by atoms with Gasteiger partial charge in [-0.15, -0.1) is 0 Å². The van der Waals surface area contributed by atoms with Gasteiger partial charge in [0, 0.05) is 12.1 Å². The number of halogens is 1. The molecule has 122 valence electrons. The van der Waals surface area contributed by atoms with Crippen molar-refractivity contribution in [1.82, 2.24) is 9.55 Å². The number of aryl methyl sites for hydroxylation is 1. The maximum absolute atomic E-state index is 13.1. The van der Waals surface area contributed by atoms with Gasteiger partial charge in [-0.2, -0.15) is 4.39 Å². The standard InChI is InChI=1S/C16H17FN2O4/c17-14-10-19(16(22)18-15(14)21)8-2-1-3-9-23-13-6-4-12(11-20)5-7-13/h4-7,10-11H,1-3,8-9H2,(H,18,21,22). The molecule has 0 fully saturated rings. The first kappa shape index (κ1) is 16.7. The van der Waals surface area contributed by atoms with Crippen molar-refractivity contribution in [2.24, 2.45) is 0 Å². The van der Waals surface area contributed by atoms with Gasteiger partial charge in [0.2, 0.25) is 5.82 Å². The van der Waals surface area contributed by atoms with Gasteiger partial charge in [0.25, 0.3) is 5.56 Å². The van der Waals surface area contributed by atoms with Crippen LogP contribution < -0.4 is 16.0 Å². The molecule has 7 heteroatoms. The van der Waals surface area contributed by atoms with Gasteiger partial charge in [0.15, 0.2) is 0 Å². The summed E-state index contributed by atoms with van der Waals surface area (Å²) in [5.41, 5.74) is -1.01. The molecule has 0 saturated carbocycles.